The molecule has 0 aliphatic carbocycles. The smallest absolute Gasteiger partial charge is 0.130 e. The van der Waals surface area contributed by atoms with E-state index in [1.165, 1.54) is 12.1 Å². The molecule has 1 atom stereocenters. The number of allylic oxidation sites excluding steroid dienone is 3. The lowest BCUT2D eigenvalue weighted by atomic mass is 10.1. The van der Waals surface area contributed by atoms with Gasteiger partial charge in [0.05, 0.1) is 0 Å². The molecule has 2 N–H and O–H groups in total. The van der Waals surface area contributed by atoms with Crippen molar-refractivity contribution in [2.45, 2.75) is 19.4 Å². The van der Waals surface area contributed by atoms with E-state index in [0.717, 1.165) is 5.56 Å². The topological polar surface area (TPSA) is 49.7 Å². The number of benzene rings is 1. The van der Waals surface area contributed by atoms with Crippen molar-refractivity contribution in [3.63, 3.8) is 0 Å². The second kappa shape index (κ2) is 4.31. The molecule has 16 heavy (non-hydrogen) atoms. The van der Waals surface area contributed by atoms with Gasteiger partial charge in [0, 0.05) is 24.1 Å². The minimum atomic E-state index is -0.0705. The Hall–Kier alpha value is -1.90. The molecule has 0 bridgehead atoms. The lowest BCUT2D eigenvalue weighted by Crippen LogP contribution is -2.08. The molecule has 0 aromatic heterocycles. The Morgan fingerprint density at radius 1 is 1.31 bits per heavy atom. The van der Waals surface area contributed by atoms with Gasteiger partial charge in [-0.2, -0.15) is 0 Å². The SMILES string of the molecule is C/C=C/C=C/C1Cc2c(O)cc(O)cc2O1. The van der Waals surface area contributed by atoms with Crippen molar-refractivity contribution in [3.05, 3.63) is 42.0 Å². The minimum Gasteiger partial charge on any atom is -0.508 e. The summed E-state index contributed by atoms with van der Waals surface area (Å²) in [4.78, 5) is 0. The molecular formula is C13H14O3. The maximum atomic E-state index is 9.62. The van der Waals surface area contributed by atoms with Crippen molar-refractivity contribution in [1.29, 1.82) is 0 Å². The largest absolute Gasteiger partial charge is 0.508 e. The van der Waals surface area contributed by atoms with Gasteiger partial charge in [0.2, 0.25) is 0 Å². The quantitative estimate of drug-likeness (QED) is 0.750. The van der Waals surface area contributed by atoms with E-state index in [1.807, 2.05) is 31.2 Å². The van der Waals surface area contributed by atoms with Crippen molar-refractivity contribution in [2.75, 3.05) is 0 Å². The Labute approximate surface area is 94.3 Å². The number of ether oxygens (including phenoxy) is 1. The van der Waals surface area contributed by atoms with Crippen LogP contribution in [0.4, 0.5) is 0 Å². The fourth-order valence-electron chi connectivity index (χ4n) is 1.74. The van der Waals surface area contributed by atoms with Crippen LogP contribution in [0.3, 0.4) is 0 Å². The number of hydrogen-bond acceptors (Lipinski definition) is 3. The van der Waals surface area contributed by atoms with Crippen LogP contribution in [0.1, 0.15) is 12.5 Å². The number of phenols is 2. The predicted octanol–water partition coefficient (Wildman–Crippen LogP) is 2.53. The van der Waals surface area contributed by atoms with Gasteiger partial charge in [-0.05, 0) is 13.0 Å². The van der Waals surface area contributed by atoms with E-state index in [-0.39, 0.29) is 17.6 Å². The van der Waals surface area contributed by atoms with Crippen LogP contribution in [-0.4, -0.2) is 16.3 Å². The van der Waals surface area contributed by atoms with Gasteiger partial charge in [-0.25, -0.2) is 0 Å². The van der Waals surface area contributed by atoms with Crippen molar-refractivity contribution in [3.8, 4) is 17.2 Å². The molecule has 0 saturated heterocycles. The number of hydrogen-bond donors (Lipinski definition) is 2. The third-order valence-corrected chi connectivity index (χ3v) is 2.48. The van der Waals surface area contributed by atoms with E-state index in [0.29, 0.717) is 12.2 Å². The molecule has 1 aromatic rings. The van der Waals surface area contributed by atoms with E-state index in [1.54, 1.807) is 0 Å². The highest BCUT2D eigenvalue weighted by molar-refractivity contribution is 5.52. The van der Waals surface area contributed by atoms with Crippen LogP contribution in [-0.2, 0) is 6.42 Å². The van der Waals surface area contributed by atoms with Crippen LogP contribution < -0.4 is 4.74 Å². The Balaban J connectivity index is 2.18. The second-order valence-electron chi connectivity index (χ2n) is 3.71. The van der Waals surface area contributed by atoms with Crippen LogP contribution >= 0.6 is 0 Å². The molecule has 0 amide bonds. The first-order chi connectivity index (χ1) is 7.70. The Morgan fingerprint density at radius 3 is 2.88 bits per heavy atom. The summed E-state index contributed by atoms with van der Waals surface area (Å²) in [6.07, 6.45) is 8.25. The summed E-state index contributed by atoms with van der Waals surface area (Å²) in [5.74, 6) is 0.680. The van der Waals surface area contributed by atoms with Crippen LogP contribution in [0, 0.1) is 0 Å². The zero-order chi connectivity index (χ0) is 11.5. The summed E-state index contributed by atoms with van der Waals surface area (Å²) in [7, 11) is 0. The van der Waals surface area contributed by atoms with E-state index >= 15 is 0 Å². The Bertz CT molecular complexity index is 447. The average Bonchev–Trinajstić information content (AvgIpc) is 2.61. The summed E-state index contributed by atoms with van der Waals surface area (Å²) in [5, 5.41) is 18.9. The highest BCUT2D eigenvalue weighted by atomic mass is 16.5. The van der Waals surface area contributed by atoms with Crippen molar-refractivity contribution in [1.82, 2.24) is 0 Å². The van der Waals surface area contributed by atoms with Crippen LogP contribution in [0.5, 0.6) is 17.2 Å². The monoisotopic (exact) mass is 218 g/mol. The Kier molecular flexibility index (Phi) is 2.86. The van der Waals surface area contributed by atoms with Gasteiger partial charge in [-0.1, -0.05) is 18.2 Å². The summed E-state index contributed by atoms with van der Waals surface area (Å²) < 4.78 is 5.57. The first-order valence-electron chi connectivity index (χ1n) is 5.21. The fraction of sp³-hybridized carbons (Fsp3) is 0.231. The third kappa shape index (κ3) is 2.03. The molecule has 1 heterocycles. The third-order valence-electron chi connectivity index (χ3n) is 2.48. The molecule has 1 unspecified atom stereocenters. The molecule has 0 spiro atoms. The number of aromatic hydroxyl groups is 2. The van der Waals surface area contributed by atoms with E-state index in [2.05, 4.69) is 0 Å². The standard InChI is InChI=1S/C13H14O3/c1-2-3-4-5-10-8-11-12(15)6-9(14)7-13(11)16-10/h2-7,10,14-15H,8H2,1H3/b3-2+,5-4+. The van der Waals surface area contributed by atoms with Gasteiger partial charge in [0.15, 0.2) is 0 Å². The lowest BCUT2D eigenvalue weighted by Gasteiger charge is -2.04. The summed E-state index contributed by atoms with van der Waals surface area (Å²) >= 11 is 0. The molecule has 84 valence electrons. The zero-order valence-corrected chi connectivity index (χ0v) is 9.05. The van der Waals surface area contributed by atoms with Crippen LogP contribution in [0.25, 0.3) is 0 Å². The zero-order valence-electron chi connectivity index (χ0n) is 9.05. The molecule has 1 aliphatic heterocycles. The highest BCUT2D eigenvalue weighted by Crippen LogP contribution is 2.38. The number of fused-ring (bicyclic) bond motifs is 1. The first-order valence-corrected chi connectivity index (χ1v) is 5.21. The number of phenolic OH excluding ortho intramolecular Hbond substituents is 2. The Morgan fingerprint density at radius 2 is 2.12 bits per heavy atom. The van der Waals surface area contributed by atoms with Crippen molar-refractivity contribution in [2.24, 2.45) is 0 Å². The van der Waals surface area contributed by atoms with Gasteiger partial charge >= 0.3 is 0 Å². The van der Waals surface area contributed by atoms with Gasteiger partial charge in [-0.3, -0.25) is 0 Å². The highest BCUT2D eigenvalue weighted by Gasteiger charge is 2.24. The predicted molar refractivity (Wildman–Crippen MR) is 61.8 cm³/mol. The molecule has 1 aromatic carbocycles. The summed E-state index contributed by atoms with van der Waals surface area (Å²) in [6.45, 7) is 1.94. The molecule has 0 fully saturated rings. The molecular weight excluding hydrogens is 204 g/mol. The second-order valence-corrected chi connectivity index (χ2v) is 3.71. The molecule has 3 nitrogen and oxygen atoms in total. The van der Waals surface area contributed by atoms with Gasteiger partial charge < -0.3 is 14.9 Å². The summed E-state index contributed by atoms with van der Waals surface area (Å²) in [6, 6.07) is 2.86. The van der Waals surface area contributed by atoms with Crippen LogP contribution in [0.2, 0.25) is 0 Å². The fourth-order valence-corrected chi connectivity index (χ4v) is 1.74. The number of rotatable bonds is 2. The van der Waals surface area contributed by atoms with Gasteiger partial charge in [-0.15, -0.1) is 0 Å². The van der Waals surface area contributed by atoms with Crippen molar-refractivity contribution < 1.29 is 14.9 Å². The summed E-state index contributed by atoms with van der Waals surface area (Å²) in [5.41, 5.74) is 0.757. The molecule has 3 heteroatoms. The maximum absolute atomic E-state index is 9.62. The molecule has 0 saturated carbocycles. The van der Waals surface area contributed by atoms with E-state index in [9.17, 15) is 10.2 Å². The van der Waals surface area contributed by atoms with Crippen molar-refractivity contribution >= 4 is 0 Å². The molecule has 1 aliphatic rings. The van der Waals surface area contributed by atoms with Gasteiger partial charge in [0.25, 0.3) is 0 Å². The van der Waals surface area contributed by atoms with E-state index < -0.39 is 0 Å². The maximum Gasteiger partial charge on any atom is 0.130 e. The lowest BCUT2D eigenvalue weighted by molar-refractivity contribution is 0.282. The minimum absolute atomic E-state index is 0.0225. The molecule has 0 radical (unpaired) electrons. The normalized spacial score (nSPS) is 19.2. The van der Waals surface area contributed by atoms with Crippen LogP contribution in [0.15, 0.2) is 36.4 Å². The average molecular weight is 218 g/mol. The first kappa shape index (κ1) is 10.6. The van der Waals surface area contributed by atoms with E-state index in [4.69, 9.17) is 4.74 Å². The molecule has 2 rings (SSSR count). The van der Waals surface area contributed by atoms with Gasteiger partial charge in [0.1, 0.15) is 23.4 Å².